The van der Waals surface area contributed by atoms with Gasteiger partial charge < -0.3 is 5.11 Å². The summed E-state index contributed by atoms with van der Waals surface area (Å²) in [6.45, 7) is 0.0643. The maximum absolute atomic E-state index is 11.6. The van der Waals surface area contributed by atoms with Gasteiger partial charge in [-0.05, 0) is 31.4 Å². The van der Waals surface area contributed by atoms with Crippen molar-refractivity contribution in [3.05, 3.63) is 0 Å². The van der Waals surface area contributed by atoms with Crippen molar-refractivity contribution in [3.63, 3.8) is 0 Å². The van der Waals surface area contributed by atoms with Gasteiger partial charge >= 0.3 is 0 Å². The Morgan fingerprint density at radius 3 is 2.80 bits per heavy atom. The van der Waals surface area contributed by atoms with E-state index in [0.29, 0.717) is 12.8 Å². The quantitative estimate of drug-likeness (QED) is 0.679. The van der Waals surface area contributed by atoms with Crippen LogP contribution in [0.25, 0.3) is 0 Å². The molecule has 4 nitrogen and oxygen atoms in total. The molecule has 1 aliphatic rings. The molecule has 0 bridgehead atoms. The third-order valence-corrected chi connectivity index (χ3v) is 5.06. The summed E-state index contributed by atoms with van der Waals surface area (Å²) in [6, 6.07) is 0.114. The molecular weight excluding hydrogens is 234 g/mol. The summed E-state index contributed by atoms with van der Waals surface area (Å²) in [5.74, 6) is 2.16. The Hall–Kier alpha value is 0.220. The van der Waals surface area contributed by atoms with Crippen molar-refractivity contribution in [1.29, 1.82) is 0 Å². The molecule has 0 aromatic rings. The summed E-state index contributed by atoms with van der Waals surface area (Å²) >= 11 is 1.81. The second-order valence-electron chi connectivity index (χ2n) is 3.78. The largest absolute Gasteiger partial charge is 0.396 e. The van der Waals surface area contributed by atoms with Gasteiger partial charge in [0.1, 0.15) is 0 Å². The van der Waals surface area contributed by atoms with Gasteiger partial charge in [-0.15, -0.1) is 0 Å². The molecule has 1 aliphatic heterocycles. The number of nitrogens with one attached hydrogen (secondary N) is 1. The Kier molecular flexibility index (Phi) is 5.96. The maximum Gasteiger partial charge on any atom is 0.211 e. The van der Waals surface area contributed by atoms with Crippen LogP contribution in [-0.4, -0.2) is 43.4 Å². The molecule has 15 heavy (non-hydrogen) atoms. The zero-order chi connectivity index (χ0) is 11.1. The number of rotatable bonds is 6. The highest BCUT2D eigenvalue weighted by Crippen LogP contribution is 2.17. The molecule has 0 aromatic carbocycles. The van der Waals surface area contributed by atoms with Crippen LogP contribution in [0.1, 0.15) is 25.7 Å². The molecule has 2 N–H and O–H groups in total. The van der Waals surface area contributed by atoms with E-state index in [-0.39, 0.29) is 18.4 Å². The van der Waals surface area contributed by atoms with Crippen LogP contribution in [0.4, 0.5) is 0 Å². The lowest BCUT2D eigenvalue weighted by molar-refractivity contribution is 0.287. The molecule has 90 valence electrons. The van der Waals surface area contributed by atoms with E-state index in [9.17, 15) is 8.42 Å². The van der Waals surface area contributed by atoms with E-state index in [1.807, 2.05) is 0 Å². The fraction of sp³-hybridized carbons (Fsp3) is 1.00. The van der Waals surface area contributed by atoms with Crippen LogP contribution >= 0.6 is 11.8 Å². The molecule has 0 amide bonds. The first-order chi connectivity index (χ1) is 7.14. The molecule has 1 saturated heterocycles. The van der Waals surface area contributed by atoms with Crippen LogP contribution in [0.15, 0.2) is 0 Å². The Morgan fingerprint density at radius 1 is 1.40 bits per heavy atom. The second-order valence-corrected chi connectivity index (χ2v) is 6.80. The third-order valence-electron chi connectivity index (χ3n) is 2.33. The zero-order valence-electron chi connectivity index (χ0n) is 8.81. The molecular formula is C9H19NO3S2. The average molecular weight is 253 g/mol. The lowest BCUT2D eigenvalue weighted by Crippen LogP contribution is -2.39. The number of aliphatic hydroxyl groups excluding tert-OH is 1. The molecule has 1 rings (SSSR count). The summed E-state index contributed by atoms with van der Waals surface area (Å²) in [5, 5.41) is 8.57. The summed E-state index contributed by atoms with van der Waals surface area (Å²) < 4.78 is 25.9. The van der Waals surface area contributed by atoms with Gasteiger partial charge in [0.05, 0.1) is 5.75 Å². The summed E-state index contributed by atoms with van der Waals surface area (Å²) in [5.41, 5.74) is 0. The molecule has 1 unspecified atom stereocenters. The predicted octanol–water partition coefficient (Wildman–Crippen LogP) is 0.574. The summed E-state index contributed by atoms with van der Waals surface area (Å²) in [7, 11) is -3.13. The lowest BCUT2D eigenvalue weighted by atomic mass is 10.2. The minimum absolute atomic E-state index is 0.0643. The van der Waals surface area contributed by atoms with Crippen molar-refractivity contribution in [2.24, 2.45) is 0 Å². The lowest BCUT2D eigenvalue weighted by Gasteiger charge is -2.22. The minimum Gasteiger partial charge on any atom is -0.396 e. The minimum atomic E-state index is -3.13. The highest BCUT2D eigenvalue weighted by Gasteiger charge is 2.19. The van der Waals surface area contributed by atoms with Crippen molar-refractivity contribution in [2.75, 3.05) is 23.9 Å². The first kappa shape index (κ1) is 13.3. The SMILES string of the molecule is O=S(=O)(CCCCO)NC1CCCSC1. The number of aliphatic hydroxyl groups is 1. The van der Waals surface area contributed by atoms with E-state index < -0.39 is 10.0 Å². The smallest absolute Gasteiger partial charge is 0.211 e. The van der Waals surface area contributed by atoms with E-state index in [4.69, 9.17) is 5.11 Å². The van der Waals surface area contributed by atoms with Crippen molar-refractivity contribution >= 4 is 21.8 Å². The van der Waals surface area contributed by atoms with Crippen LogP contribution in [-0.2, 0) is 10.0 Å². The molecule has 1 atom stereocenters. The normalized spacial score (nSPS) is 22.9. The topological polar surface area (TPSA) is 66.4 Å². The Labute approximate surface area is 95.9 Å². The van der Waals surface area contributed by atoms with Crippen molar-refractivity contribution in [3.8, 4) is 0 Å². The van der Waals surface area contributed by atoms with E-state index >= 15 is 0 Å². The van der Waals surface area contributed by atoms with Crippen LogP contribution in [0.5, 0.6) is 0 Å². The number of unbranched alkanes of at least 4 members (excludes halogenated alkanes) is 1. The molecule has 6 heteroatoms. The molecule has 1 fully saturated rings. The summed E-state index contributed by atoms with van der Waals surface area (Å²) in [6.07, 6.45) is 3.13. The van der Waals surface area contributed by atoms with E-state index in [1.165, 1.54) is 0 Å². The van der Waals surface area contributed by atoms with Crippen molar-refractivity contribution < 1.29 is 13.5 Å². The fourth-order valence-electron chi connectivity index (χ4n) is 1.55. The standard InChI is InChI=1S/C9H19NO3S2/c11-5-1-2-7-15(12,13)10-9-4-3-6-14-8-9/h9-11H,1-8H2. The van der Waals surface area contributed by atoms with Crippen LogP contribution in [0, 0.1) is 0 Å². The van der Waals surface area contributed by atoms with Crippen molar-refractivity contribution in [2.45, 2.75) is 31.7 Å². The van der Waals surface area contributed by atoms with Gasteiger partial charge in [-0.25, -0.2) is 13.1 Å². The van der Waals surface area contributed by atoms with Gasteiger partial charge in [-0.1, -0.05) is 0 Å². The van der Waals surface area contributed by atoms with Gasteiger partial charge in [0.25, 0.3) is 0 Å². The summed E-state index contributed by atoms with van der Waals surface area (Å²) in [4.78, 5) is 0. The van der Waals surface area contributed by atoms with Crippen LogP contribution < -0.4 is 4.72 Å². The van der Waals surface area contributed by atoms with E-state index in [0.717, 1.165) is 24.3 Å². The van der Waals surface area contributed by atoms with E-state index in [2.05, 4.69) is 4.72 Å². The van der Waals surface area contributed by atoms with Crippen molar-refractivity contribution in [1.82, 2.24) is 4.72 Å². The van der Waals surface area contributed by atoms with Crippen LogP contribution in [0.2, 0.25) is 0 Å². The average Bonchev–Trinajstić information content (AvgIpc) is 2.18. The molecule has 1 heterocycles. The van der Waals surface area contributed by atoms with Gasteiger partial charge in [-0.2, -0.15) is 11.8 Å². The molecule has 0 spiro atoms. The first-order valence-corrected chi connectivity index (χ1v) is 8.13. The Morgan fingerprint density at radius 2 is 2.20 bits per heavy atom. The van der Waals surface area contributed by atoms with Gasteiger partial charge in [0.2, 0.25) is 10.0 Å². The Bertz CT molecular complexity index is 261. The maximum atomic E-state index is 11.6. The number of hydrogen-bond acceptors (Lipinski definition) is 4. The van der Waals surface area contributed by atoms with Gasteiger partial charge in [0, 0.05) is 18.4 Å². The van der Waals surface area contributed by atoms with Gasteiger partial charge in [-0.3, -0.25) is 0 Å². The first-order valence-electron chi connectivity index (χ1n) is 5.32. The highest BCUT2D eigenvalue weighted by atomic mass is 32.2. The molecule has 0 radical (unpaired) electrons. The Balaban J connectivity index is 2.27. The van der Waals surface area contributed by atoms with Gasteiger partial charge in [0.15, 0.2) is 0 Å². The zero-order valence-corrected chi connectivity index (χ0v) is 10.4. The molecule has 0 aliphatic carbocycles. The number of thioether (sulfide) groups is 1. The highest BCUT2D eigenvalue weighted by molar-refractivity contribution is 7.99. The third kappa shape index (κ3) is 5.75. The molecule has 0 aromatic heterocycles. The number of hydrogen-bond donors (Lipinski definition) is 2. The second kappa shape index (κ2) is 6.73. The monoisotopic (exact) mass is 253 g/mol. The number of sulfonamides is 1. The van der Waals surface area contributed by atoms with E-state index in [1.54, 1.807) is 11.8 Å². The predicted molar refractivity (Wildman–Crippen MR) is 63.6 cm³/mol. The van der Waals surface area contributed by atoms with Crippen LogP contribution in [0.3, 0.4) is 0 Å². The molecule has 0 saturated carbocycles. The fourth-order valence-corrected chi connectivity index (χ4v) is 4.14.